The van der Waals surface area contributed by atoms with Crippen LogP contribution < -0.4 is 0 Å². The van der Waals surface area contributed by atoms with Crippen LogP contribution in [0, 0.1) is 46.3 Å². The van der Waals surface area contributed by atoms with E-state index in [0.717, 1.165) is 64.6 Å². The van der Waals surface area contributed by atoms with Crippen LogP contribution >= 0.6 is 0 Å². The summed E-state index contributed by atoms with van der Waals surface area (Å²) in [4.78, 5) is 28.9. The molecule has 0 spiro atoms. The van der Waals surface area contributed by atoms with Crippen molar-refractivity contribution in [2.45, 2.75) is 104 Å². The molecule has 0 unspecified atom stereocenters. The van der Waals surface area contributed by atoms with Crippen LogP contribution in [-0.4, -0.2) is 59.5 Å². The van der Waals surface area contributed by atoms with E-state index >= 15 is 0 Å². The van der Waals surface area contributed by atoms with Crippen LogP contribution in [0.2, 0.25) is 0 Å². The van der Waals surface area contributed by atoms with Gasteiger partial charge in [-0.3, -0.25) is 14.5 Å². The number of aliphatic hydroxyl groups is 1. The van der Waals surface area contributed by atoms with Gasteiger partial charge in [0, 0.05) is 37.4 Å². The summed E-state index contributed by atoms with van der Waals surface area (Å²) in [5, 5.41) is 11.3. The number of Topliss-reactive ketones (excluding diaryl/α,β-unsaturated/α-hetero) is 2. The van der Waals surface area contributed by atoms with E-state index in [0.29, 0.717) is 35.9 Å². The number of aliphatic hydroxyl groups excluding tert-OH is 1. The summed E-state index contributed by atoms with van der Waals surface area (Å²) in [5.74, 6) is 2.68. The van der Waals surface area contributed by atoms with E-state index in [-0.39, 0.29) is 46.7 Å². The van der Waals surface area contributed by atoms with Gasteiger partial charge in [-0.2, -0.15) is 0 Å². The molecule has 4 saturated carbocycles. The van der Waals surface area contributed by atoms with Crippen LogP contribution in [-0.2, 0) is 14.3 Å². The lowest BCUT2D eigenvalue weighted by molar-refractivity contribution is -0.174. The first-order valence-corrected chi connectivity index (χ1v) is 14.2. The first-order valence-electron chi connectivity index (χ1n) is 14.2. The number of carbonyl (C=O) groups excluding carboxylic acids is 2. The Kier molecular flexibility index (Phi) is 6.56. The monoisotopic (exact) mass is 473 g/mol. The molecule has 0 aromatic rings. The number of fused-ring (bicyclic) bond motifs is 5. The molecule has 4 aliphatic carbocycles. The Balaban J connectivity index is 1.40. The molecule has 5 nitrogen and oxygen atoms in total. The van der Waals surface area contributed by atoms with Crippen molar-refractivity contribution in [2.24, 2.45) is 46.3 Å². The summed E-state index contributed by atoms with van der Waals surface area (Å²) in [6, 6.07) is 0.116. The number of hydrogen-bond acceptors (Lipinski definition) is 5. The van der Waals surface area contributed by atoms with Gasteiger partial charge in [0.15, 0.2) is 0 Å². The Labute approximate surface area is 206 Å². The number of nitrogens with zero attached hydrogens (tertiary/aromatic N) is 1. The lowest BCUT2D eigenvalue weighted by Gasteiger charge is -2.61. The van der Waals surface area contributed by atoms with Gasteiger partial charge in [-0.05, 0) is 80.0 Å². The lowest BCUT2D eigenvalue weighted by atomic mass is 9.43. The summed E-state index contributed by atoms with van der Waals surface area (Å²) in [6.07, 6.45) is 7.59. The zero-order valence-electron chi connectivity index (χ0n) is 22.1. The summed E-state index contributed by atoms with van der Waals surface area (Å²) < 4.78 is 6.10. The van der Waals surface area contributed by atoms with Crippen LogP contribution in [0.15, 0.2) is 0 Å². The number of ether oxygens (including phenoxy) is 1. The number of hydrogen-bond donors (Lipinski definition) is 1. The minimum Gasteiger partial charge on any atom is -0.391 e. The van der Waals surface area contributed by atoms with E-state index in [9.17, 15) is 14.7 Å². The minimum absolute atomic E-state index is 0.0519. The molecule has 1 saturated heterocycles. The third kappa shape index (κ3) is 3.75. The lowest BCUT2D eigenvalue weighted by Crippen LogP contribution is -2.63. The molecule has 0 aromatic heterocycles. The average molecular weight is 474 g/mol. The zero-order valence-corrected chi connectivity index (χ0v) is 22.1. The molecule has 34 heavy (non-hydrogen) atoms. The molecule has 5 fully saturated rings. The number of morpholine rings is 1. The van der Waals surface area contributed by atoms with Crippen molar-refractivity contribution in [3.8, 4) is 0 Å². The van der Waals surface area contributed by atoms with Gasteiger partial charge in [0.1, 0.15) is 11.6 Å². The van der Waals surface area contributed by atoms with Crippen molar-refractivity contribution >= 4 is 11.6 Å². The SMILES string of the molecule is CC[C@H](C)[C@@H]1CN([C@H]2C[C@@]3(C)[C@@H](CC[C@H]4[C@@H]5CC[C@H](C(C)=O)[C@@]5(C)CC(=O)[C@@H]43)C[C@@H]2O)CCO1. The first-order chi connectivity index (χ1) is 16.1. The molecule has 0 bridgehead atoms. The van der Waals surface area contributed by atoms with E-state index in [2.05, 4.69) is 32.6 Å². The van der Waals surface area contributed by atoms with Gasteiger partial charge in [-0.1, -0.05) is 34.1 Å². The zero-order chi connectivity index (χ0) is 24.4. The van der Waals surface area contributed by atoms with Crippen LogP contribution in [0.5, 0.6) is 0 Å². The number of rotatable bonds is 4. The molecule has 192 valence electrons. The molecule has 5 aliphatic rings. The van der Waals surface area contributed by atoms with Crippen molar-refractivity contribution in [1.82, 2.24) is 4.90 Å². The molecule has 11 atom stereocenters. The molecular formula is C29H47NO4. The Morgan fingerprint density at radius 1 is 1.21 bits per heavy atom. The second-order valence-corrected chi connectivity index (χ2v) is 13.3. The van der Waals surface area contributed by atoms with Gasteiger partial charge in [-0.15, -0.1) is 0 Å². The molecule has 1 heterocycles. The maximum atomic E-state index is 13.9. The highest BCUT2D eigenvalue weighted by Gasteiger charge is 2.64. The molecule has 0 aromatic carbocycles. The fourth-order valence-corrected chi connectivity index (χ4v) is 9.74. The largest absolute Gasteiger partial charge is 0.391 e. The fourth-order valence-electron chi connectivity index (χ4n) is 9.74. The highest BCUT2D eigenvalue weighted by molar-refractivity contribution is 5.87. The van der Waals surface area contributed by atoms with Crippen LogP contribution in [0.4, 0.5) is 0 Å². The van der Waals surface area contributed by atoms with Crippen molar-refractivity contribution in [2.75, 3.05) is 19.7 Å². The Bertz CT molecular complexity index is 814. The second-order valence-electron chi connectivity index (χ2n) is 13.3. The van der Waals surface area contributed by atoms with Gasteiger partial charge < -0.3 is 9.84 Å². The van der Waals surface area contributed by atoms with E-state index in [4.69, 9.17) is 4.74 Å². The third-order valence-corrected chi connectivity index (χ3v) is 11.7. The van der Waals surface area contributed by atoms with Crippen LogP contribution in [0.1, 0.15) is 86.0 Å². The molecule has 5 heteroatoms. The second kappa shape index (κ2) is 8.95. The van der Waals surface area contributed by atoms with Crippen molar-refractivity contribution in [3.05, 3.63) is 0 Å². The molecule has 1 aliphatic heterocycles. The molecule has 1 N–H and O–H groups in total. The number of carbonyl (C=O) groups is 2. The Morgan fingerprint density at radius 3 is 2.68 bits per heavy atom. The number of ketones is 2. The highest BCUT2D eigenvalue weighted by Crippen LogP contribution is 2.66. The van der Waals surface area contributed by atoms with E-state index in [1.165, 1.54) is 0 Å². The predicted molar refractivity (Wildman–Crippen MR) is 132 cm³/mol. The summed E-state index contributed by atoms with van der Waals surface area (Å²) in [6.45, 7) is 13.3. The van der Waals surface area contributed by atoms with Crippen molar-refractivity contribution < 1.29 is 19.4 Å². The smallest absolute Gasteiger partial charge is 0.137 e. The normalized spacial score (nSPS) is 50.2. The molecular weight excluding hydrogens is 426 g/mol. The van der Waals surface area contributed by atoms with Gasteiger partial charge >= 0.3 is 0 Å². The van der Waals surface area contributed by atoms with Gasteiger partial charge in [0.05, 0.1) is 18.8 Å². The fraction of sp³-hybridized carbons (Fsp3) is 0.931. The van der Waals surface area contributed by atoms with Crippen LogP contribution in [0.3, 0.4) is 0 Å². The topological polar surface area (TPSA) is 66.8 Å². The third-order valence-electron chi connectivity index (χ3n) is 11.7. The highest BCUT2D eigenvalue weighted by atomic mass is 16.5. The maximum Gasteiger partial charge on any atom is 0.137 e. The standard InChI is InChI=1S/C29H47NO4/c1-6-17(2)26-16-30(11-12-34-26)23-14-28(4)19(13-24(23)32)7-8-20-22-10-9-21(18(3)31)29(22,5)15-25(33)27(20)28/h17,19-24,26-27,32H,6-16H2,1-5H3/t17-,19-,20-,21+,22-,23-,24-,26-,27+,28-,29+/m0/s1. The molecule has 0 amide bonds. The Hall–Kier alpha value is -0.780. The predicted octanol–water partition coefficient (Wildman–Crippen LogP) is 4.50. The summed E-state index contributed by atoms with van der Waals surface area (Å²) in [5.41, 5.74) is -0.196. The average Bonchev–Trinajstić information content (AvgIpc) is 3.15. The van der Waals surface area contributed by atoms with Crippen LogP contribution in [0.25, 0.3) is 0 Å². The summed E-state index contributed by atoms with van der Waals surface area (Å²) in [7, 11) is 0. The van der Waals surface area contributed by atoms with Gasteiger partial charge in [-0.25, -0.2) is 0 Å². The molecule has 5 rings (SSSR count). The maximum absolute atomic E-state index is 13.9. The van der Waals surface area contributed by atoms with E-state index < -0.39 is 0 Å². The first kappa shape index (κ1) is 24.9. The minimum atomic E-state index is -0.317. The van der Waals surface area contributed by atoms with E-state index in [1.807, 2.05) is 0 Å². The van der Waals surface area contributed by atoms with Crippen molar-refractivity contribution in [1.29, 1.82) is 0 Å². The van der Waals surface area contributed by atoms with E-state index in [1.54, 1.807) is 6.92 Å². The molecule has 0 radical (unpaired) electrons. The summed E-state index contributed by atoms with van der Waals surface area (Å²) >= 11 is 0. The Morgan fingerprint density at radius 2 is 1.97 bits per heavy atom. The van der Waals surface area contributed by atoms with Gasteiger partial charge in [0.2, 0.25) is 0 Å². The van der Waals surface area contributed by atoms with Crippen molar-refractivity contribution in [3.63, 3.8) is 0 Å². The quantitative estimate of drug-likeness (QED) is 0.651. The van der Waals surface area contributed by atoms with Gasteiger partial charge in [0.25, 0.3) is 0 Å².